The quantitative estimate of drug-likeness (QED) is 0.379. The van der Waals surface area contributed by atoms with E-state index < -0.39 is 5.91 Å². The number of methoxy groups -OCH3 is 1. The third-order valence-electron chi connectivity index (χ3n) is 4.51. The monoisotopic (exact) mass is 432 g/mol. The second-order valence-electron chi connectivity index (χ2n) is 6.78. The van der Waals surface area contributed by atoms with E-state index in [1.807, 2.05) is 43.3 Å². The van der Waals surface area contributed by atoms with Gasteiger partial charge in [0.1, 0.15) is 18.2 Å². The fraction of sp³-hybridized carbons (Fsp3) is 0.120. The van der Waals surface area contributed by atoms with Crippen molar-refractivity contribution in [1.29, 1.82) is 5.26 Å². The number of benzene rings is 3. The molecule has 3 aromatic rings. The van der Waals surface area contributed by atoms with E-state index in [-0.39, 0.29) is 12.2 Å². The molecule has 0 spiro atoms. The van der Waals surface area contributed by atoms with Crippen LogP contribution in [0.15, 0.2) is 72.3 Å². The molecule has 0 aliphatic carbocycles. The van der Waals surface area contributed by atoms with Crippen molar-refractivity contribution >= 4 is 29.3 Å². The zero-order chi connectivity index (χ0) is 22.2. The van der Waals surface area contributed by atoms with Crippen LogP contribution < -0.4 is 14.8 Å². The van der Waals surface area contributed by atoms with E-state index >= 15 is 0 Å². The van der Waals surface area contributed by atoms with E-state index in [0.717, 1.165) is 11.1 Å². The third-order valence-corrected chi connectivity index (χ3v) is 4.88. The molecule has 6 heteroatoms. The first-order valence-corrected chi connectivity index (χ1v) is 9.92. The standard InChI is InChI=1S/C25H21ClN2O3/c1-17-7-10-21(11-8-17)28-25(29)20(15-27)13-18-9-12-23(24(14-18)30-2)31-16-19-5-3-4-6-22(19)26/h3-14H,16H2,1-2H3,(H,28,29)/b20-13+. The summed E-state index contributed by atoms with van der Waals surface area (Å²) in [5, 5.41) is 12.8. The maximum absolute atomic E-state index is 12.5. The molecule has 0 bridgehead atoms. The van der Waals surface area contributed by atoms with Gasteiger partial charge in [0.05, 0.1) is 7.11 Å². The van der Waals surface area contributed by atoms with E-state index in [0.29, 0.717) is 27.8 Å². The van der Waals surface area contributed by atoms with Gasteiger partial charge in [0.25, 0.3) is 5.91 Å². The minimum Gasteiger partial charge on any atom is -0.493 e. The maximum atomic E-state index is 12.5. The second kappa shape index (κ2) is 10.3. The third kappa shape index (κ3) is 5.88. The largest absolute Gasteiger partial charge is 0.493 e. The number of nitrogens with zero attached hydrogens (tertiary/aromatic N) is 1. The molecule has 156 valence electrons. The average Bonchev–Trinajstić information content (AvgIpc) is 2.78. The highest BCUT2D eigenvalue weighted by atomic mass is 35.5. The van der Waals surface area contributed by atoms with Gasteiger partial charge in [-0.25, -0.2) is 0 Å². The Hall–Kier alpha value is -3.75. The van der Waals surface area contributed by atoms with Crippen LogP contribution in [0, 0.1) is 18.3 Å². The Morgan fingerprint density at radius 2 is 1.84 bits per heavy atom. The van der Waals surface area contributed by atoms with Gasteiger partial charge in [0.2, 0.25) is 0 Å². The Labute approximate surface area is 186 Å². The summed E-state index contributed by atoms with van der Waals surface area (Å²) in [6.07, 6.45) is 1.50. The molecule has 0 saturated heterocycles. The highest BCUT2D eigenvalue weighted by Gasteiger charge is 2.12. The van der Waals surface area contributed by atoms with E-state index in [4.69, 9.17) is 21.1 Å². The summed E-state index contributed by atoms with van der Waals surface area (Å²) in [6.45, 7) is 2.25. The molecule has 1 amide bonds. The lowest BCUT2D eigenvalue weighted by Crippen LogP contribution is -2.13. The normalized spacial score (nSPS) is 10.8. The van der Waals surface area contributed by atoms with Gasteiger partial charge in [0.15, 0.2) is 11.5 Å². The van der Waals surface area contributed by atoms with Crippen molar-refractivity contribution in [2.45, 2.75) is 13.5 Å². The number of anilines is 1. The van der Waals surface area contributed by atoms with Gasteiger partial charge >= 0.3 is 0 Å². The zero-order valence-corrected chi connectivity index (χ0v) is 17.9. The Morgan fingerprint density at radius 3 is 2.52 bits per heavy atom. The van der Waals surface area contributed by atoms with E-state index in [2.05, 4.69) is 5.32 Å². The summed E-state index contributed by atoms with van der Waals surface area (Å²) in [7, 11) is 1.53. The van der Waals surface area contributed by atoms with Crippen molar-refractivity contribution in [2.75, 3.05) is 12.4 Å². The van der Waals surface area contributed by atoms with Gasteiger partial charge in [-0.2, -0.15) is 5.26 Å². The summed E-state index contributed by atoms with van der Waals surface area (Å²) >= 11 is 6.17. The number of carbonyl (C=O) groups is 1. The molecule has 3 rings (SSSR count). The van der Waals surface area contributed by atoms with Crippen LogP contribution in [0.5, 0.6) is 11.5 Å². The first-order valence-electron chi connectivity index (χ1n) is 9.54. The number of nitrogens with one attached hydrogen (secondary N) is 1. The highest BCUT2D eigenvalue weighted by Crippen LogP contribution is 2.30. The van der Waals surface area contributed by atoms with Crippen LogP contribution >= 0.6 is 11.6 Å². The van der Waals surface area contributed by atoms with Crippen LogP contribution in [-0.4, -0.2) is 13.0 Å². The van der Waals surface area contributed by atoms with Gasteiger partial charge in [-0.05, 0) is 48.9 Å². The topological polar surface area (TPSA) is 71.3 Å². The number of halogens is 1. The summed E-state index contributed by atoms with van der Waals surface area (Å²) in [6, 6.07) is 21.9. The highest BCUT2D eigenvalue weighted by molar-refractivity contribution is 6.31. The molecular weight excluding hydrogens is 412 g/mol. The SMILES string of the molecule is COc1cc(/C=C(\C#N)C(=O)Nc2ccc(C)cc2)ccc1OCc1ccccc1Cl. The maximum Gasteiger partial charge on any atom is 0.266 e. The minimum atomic E-state index is -0.482. The van der Waals surface area contributed by atoms with Crippen molar-refractivity contribution in [3.63, 3.8) is 0 Å². The molecule has 1 N–H and O–H groups in total. The lowest BCUT2D eigenvalue weighted by molar-refractivity contribution is -0.112. The van der Waals surface area contributed by atoms with Crippen LogP contribution in [0.2, 0.25) is 5.02 Å². The molecule has 0 unspecified atom stereocenters. The molecule has 0 aliphatic rings. The predicted octanol–water partition coefficient (Wildman–Crippen LogP) is 5.78. The van der Waals surface area contributed by atoms with Gasteiger partial charge in [-0.3, -0.25) is 4.79 Å². The number of hydrogen-bond acceptors (Lipinski definition) is 4. The van der Waals surface area contributed by atoms with E-state index in [1.165, 1.54) is 13.2 Å². The van der Waals surface area contributed by atoms with Gasteiger partial charge in [-0.1, -0.05) is 53.6 Å². The smallest absolute Gasteiger partial charge is 0.266 e. The number of aryl methyl sites for hydroxylation is 1. The molecule has 0 fully saturated rings. The number of rotatable bonds is 7. The fourth-order valence-corrected chi connectivity index (χ4v) is 3.01. The van der Waals surface area contributed by atoms with Crippen molar-refractivity contribution in [3.8, 4) is 17.6 Å². The van der Waals surface area contributed by atoms with Crippen molar-refractivity contribution in [2.24, 2.45) is 0 Å². The van der Waals surface area contributed by atoms with Gasteiger partial charge < -0.3 is 14.8 Å². The Balaban J connectivity index is 1.75. The fourth-order valence-electron chi connectivity index (χ4n) is 2.81. The van der Waals surface area contributed by atoms with Crippen molar-refractivity contribution in [3.05, 3.63) is 94.0 Å². The Morgan fingerprint density at radius 1 is 1.10 bits per heavy atom. The zero-order valence-electron chi connectivity index (χ0n) is 17.2. The van der Waals surface area contributed by atoms with Crippen LogP contribution in [0.4, 0.5) is 5.69 Å². The first kappa shape index (κ1) is 21.9. The minimum absolute atomic E-state index is 0.0210. The van der Waals surface area contributed by atoms with Crippen molar-refractivity contribution in [1.82, 2.24) is 0 Å². The molecule has 0 heterocycles. The first-order chi connectivity index (χ1) is 15.0. The summed E-state index contributed by atoms with van der Waals surface area (Å²) in [4.78, 5) is 12.5. The number of nitriles is 1. The number of ether oxygens (including phenoxy) is 2. The summed E-state index contributed by atoms with van der Waals surface area (Å²) in [5.74, 6) is 0.531. The van der Waals surface area contributed by atoms with Crippen LogP contribution in [-0.2, 0) is 11.4 Å². The average molecular weight is 433 g/mol. The lowest BCUT2D eigenvalue weighted by atomic mass is 10.1. The Kier molecular flexibility index (Phi) is 7.31. The molecule has 0 atom stereocenters. The number of amides is 1. The van der Waals surface area contributed by atoms with E-state index in [9.17, 15) is 10.1 Å². The van der Waals surface area contributed by atoms with Crippen LogP contribution in [0.25, 0.3) is 6.08 Å². The molecule has 31 heavy (non-hydrogen) atoms. The molecule has 0 radical (unpaired) electrons. The van der Waals surface area contributed by atoms with Gasteiger partial charge in [-0.15, -0.1) is 0 Å². The summed E-state index contributed by atoms with van der Waals surface area (Å²) < 4.78 is 11.3. The predicted molar refractivity (Wildman–Crippen MR) is 122 cm³/mol. The van der Waals surface area contributed by atoms with Gasteiger partial charge in [0, 0.05) is 16.3 Å². The van der Waals surface area contributed by atoms with Crippen LogP contribution in [0.3, 0.4) is 0 Å². The lowest BCUT2D eigenvalue weighted by Gasteiger charge is -2.12. The Bertz CT molecular complexity index is 1150. The number of hydrogen-bond donors (Lipinski definition) is 1. The molecule has 0 aromatic heterocycles. The molecular formula is C25H21ClN2O3. The molecule has 5 nitrogen and oxygen atoms in total. The summed E-state index contributed by atoms with van der Waals surface area (Å²) in [5.41, 5.74) is 3.18. The second-order valence-corrected chi connectivity index (χ2v) is 7.19. The number of carbonyl (C=O) groups excluding carboxylic acids is 1. The van der Waals surface area contributed by atoms with E-state index in [1.54, 1.807) is 36.4 Å². The molecule has 0 aliphatic heterocycles. The molecule has 0 saturated carbocycles. The van der Waals surface area contributed by atoms with Crippen LogP contribution in [0.1, 0.15) is 16.7 Å². The van der Waals surface area contributed by atoms with Crippen molar-refractivity contribution < 1.29 is 14.3 Å². The molecule has 3 aromatic carbocycles.